The number of anilines is 2. The average Bonchev–Trinajstić information content (AvgIpc) is 2.92. The van der Waals surface area contributed by atoms with Crippen LogP contribution < -0.4 is 10.6 Å². The van der Waals surface area contributed by atoms with Crippen molar-refractivity contribution in [3.05, 3.63) is 56.9 Å². The van der Waals surface area contributed by atoms with E-state index in [1.807, 2.05) is 0 Å². The summed E-state index contributed by atoms with van der Waals surface area (Å²) in [7, 11) is 0. The summed E-state index contributed by atoms with van der Waals surface area (Å²) in [5.41, 5.74) is 2.00. The third-order valence-corrected chi connectivity index (χ3v) is 5.05. The van der Waals surface area contributed by atoms with Crippen LogP contribution in [-0.2, 0) is 9.53 Å². The van der Waals surface area contributed by atoms with Crippen molar-refractivity contribution >= 4 is 51.4 Å². The molecule has 0 spiro atoms. The standard InChI is InChI=1S/C20H21ClN2O4S/c1-5-27-20(26)16-12(4)17(28-19(16)23-15(24)10-11(2)3)18(25)22-14-8-6-13(21)7-9-14/h6-10H,5H2,1-4H3,(H,22,25)(H,23,24). The molecule has 0 unspecified atom stereocenters. The number of hydrogen-bond acceptors (Lipinski definition) is 5. The van der Waals surface area contributed by atoms with Gasteiger partial charge in [-0.1, -0.05) is 17.2 Å². The number of rotatable bonds is 6. The van der Waals surface area contributed by atoms with Crippen molar-refractivity contribution in [1.29, 1.82) is 0 Å². The minimum Gasteiger partial charge on any atom is -0.462 e. The molecule has 0 saturated carbocycles. The first kappa shape index (κ1) is 21.7. The van der Waals surface area contributed by atoms with Crippen LogP contribution in [0.3, 0.4) is 0 Å². The molecule has 1 aromatic carbocycles. The van der Waals surface area contributed by atoms with Crippen LogP contribution in [0.4, 0.5) is 10.7 Å². The lowest BCUT2D eigenvalue weighted by Gasteiger charge is -2.06. The fraction of sp³-hybridized carbons (Fsp3) is 0.250. The van der Waals surface area contributed by atoms with Crippen LogP contribution in [0.15, 0.2) is 35.9 Å². The van der Waals surface area contributed by atoms with Crippen molar-refractivity contribution in [2.24, 2.45) is 0 Å². The molecule has 1 heterocycles. The highest BCUT2D eigenvalue weighted by Crippen LogP contribution is 2.34. The SMILES string of the molecule is CCOC(=O)c1c(NC(=O)C=C(C)C)sc(C(=O)Nc2ccc(Cl)cc2)c1C. The highest BCUT2D eigenvalue weighted by atomic mass is 35.5. The maximum atomic E-state index is 12.7. The number of carbonyl (C=O) groups excluding carboxylic acids is 3. The van der Waals surface area contributed by atoms with Gasteiger partial charge in [0.2, 0.25) is 5.91 Å². The van der Waals surface area contributed by atoms with Gasteiger partial charge in [-0.25, -0.2) is 4.79 Å². The average molecular weight is 421 g/mol. The number of carbonyl (C=O) groups is 3. The highest BCUT2D eigenvalue weighted by molar-refractivity contribution is 7.19. The van der Waals surface area contributed by atoms with Gasteiger partial charge in [-0.3, -0.25) is 9.59 Å². The Labute approximate surface area is 172 Å². The van der Waals surface area contributed by atoms with Crippen LogP contribution in [0, 0.1) is 6.92 Å². The molecule has 0 radical (unpaired) electrons. The van der Waals surface area contributed by atoms with E-state index in [1.54, 1.807) is 52.0 Å². The van der Waals surface area contributed by atoms with Gasteiger partial charge in [-0.05, 0) is 57.5 Å². The number of ether oxygens (including phenoxy) is 1. The van der Waals surface area contributed by atoms with Crippen molar-refractivity contribution in [2.45, 2.75) is 27.7 Å². The topological polar surface area (TPSA) is 84.5 Å². The van der Waals surface area contributed by atoms with Gasteiger partial charge in [0.15, 0.2) is 0 Å². The quantitative estimate of drug-likeness (QED) is 0.506. The molecule has 1 aromatic heterocycles. The lowest BCUT2D eigenvalue weighted by Crippen LogP contribution is -2.14. The largest absolute Gasteiger partial charge is 0.462 e. The Kier molecular flexibility index (Phi) is 7.37. The predicted octanol–water partition coefficient (Wildman–Crippen LogP) is 5.04. The fourth-order valence-electron chi connectivity index (χ4n) is 2.40. The number of esters is 1. The Hall–Kier alpha value is -2.64. The highest BCUT2D eigenvalue weighted by Gasteiger charge is 2.26. The monoisotopic (exact) mass is 420 g/mol. The van der Waals surface area contributed by atoms with Gasteiger partial charge in [0.1, 0.15) is 5.00 Å². The molecular formula is C20H21ClN2O4S. The first-order valence-electron chi connectivity index (χ1n) is 8.56. The fourth-order valence-corrected chi connectivity index (χ4v) is 3.62. The summed E-state index contributed by atoms with van der Waals surface area (Å²) >= 11 is 6.88. The Balaban J connectivity index is 2.38. The molecular weight excluding hydrogens is 400 g/mol. The molecule has 0 saturated heterocycles. The van der Waals surface area contributed by atoms with Crippen molar-refractivity contribution in [3.8, 4) is 0 Å². The van der Waals surface area contributed by atoms with E-state index in [-0.39, 0.29) is 23.1 Å². The van der Waals surface area contributed by atoms with E-state index < -0.39 is 11.9 Å². The number of amides is 2. The van der Waals surface area contributed by atoms with Crippen LogP contribution in [-0.4, -0.2) is 24.4 Å². The molecule has 8 heteroatoms. The van der Waals surface area contributed by atoms with E-state index in [4.69, 9.17) is 16.3 Å². The van der Waals surface area contributed by atoms with E-state index in [0.717, 1.165) is 16.9 Å². The number of allylic oxidation sites excluding steroid dienone is 1. The zero-order chi connectivity index (χ0) is 20.8. The maximum Gasteiger partial charge on any atom is 0.341 e. The smallest absolute Gasteiger partial charge is 0.341 e. The number of halogens is 1. The van der Waals surface area contributed by atoms with E-state index in [0.29, 0.717) is 21.2 Å². The Morgan fingerprint density at radius 2 is 1.79 bits per heavy atom. The van der Waals surface area contributed by atoms with Gasteiger partial charge in [-0.2, -0.15) is 0 Å². The minimum absolute atomic E-state index is 0.182. The second-order valence-electron chi connectivity index (χ2n) is 6.15. The molecule has 0 fully saturated rings. The van der Waals surface area contributed by atoms with Crippen LogP contribution >= 0.6 is 22.9 Å². The van der Waals surface area contributed by atoms with E-state index in [1.165, 1.54) is 6.08 Å². The van der Waals surface area contributed by atoms with Gasteiger partial charge < -0.3 is 15.4 Å². The summed E-state index contributed by atoms with van der Waals surface area (Å²) in [6.07, 6.45) is 1.41. The second kappa shape index (κ2) is 9.52. The zero-order valence-electron chi connectivity index (χ0n) is 16.0. The van der Waals surface area contributed by atoms with Gasteiger partial charge in [0.25, 0.3) is 5.91 Å². The molecule has 0 aliphatic rings. The maximum absolute atomic E-state index is 12.7. The van der Waals surface area contributed by atoms with Crippen LogP contribution in [0.1, 0.15) is 46.4 Å². The minimum atomic E-state index is -0.589. The molecule has 0 aliphatic carbocycles. The van der Waals surface area contributed by atoms with Crippen LogP contribution in [0.25, 0.3) is 0 Å². The van der Waals surface area contributed by atoms with E-state index >= 15 is 0 Å². The normalized spacial score (nSPS) is 10.2. The van der Waals surface area contributed by atoms with Gasteiger partial charge in [-0.15, -0.1) is 11.3 Å². The summed E-state index contributed by atoms with van der Waals surface area (Å²) in [5.74, 6) is -1.36. The number of nitrogens with one attached hydrogen (secondary N) is 2. The van der Waals surface area contributed by atoms with Crippen molar-refractivity contribution < 1.29 is 19.1 Å². The van der Waals surface area contributed by atoms with E-state index in [2.05, 4.69) is 10.6 Å². The van der Waals surface area contributed by atoms with Crippen molar-refractivity contribution in [1.82, 2.24) is 0 Å². The molecule has 0 atom stereocenters. The number of hydrogen-bond donors (Lipinski definition) is 2. The summed E-state index contributed by atoms with van der Waals surface area (Å²) in [4.78, 5) is 37.5. The zero-order valence-corrected chi connectivity index (χ0v) is 17.6. The van der Waals surface area contributed by atoms with Gasteiger partial charge in [0, 0.05) is 16.8 Å². The molecule has 2 amide bonds. The predicted molar refractivity (Wildman–Crippen MR) is 112 cm³/mol. The summed E-state index contributed by atoms with van der Waals surface area (Å²) in [6, 6.07) is 6.67. The molecule has 0 bridgehead atoms. The second-order valence-corrected chi connectivity index (χ2v) is 7.61. The molecule has 0 aliphatic heterocycles. The molecule has 28 heavy (non-hydrogen) atoms. The molecule has 148 valence electrons. The molecule has 6 nitrogen and oxygen atoms in total. The summed E-state index contributed by atoms with van der Waals surface area (Å²) < 4.78 is 5.09. The molecule has 2 rings (SSSR count). The van der Waals surface area contributed by atoms with Gasteiger partial charge >= 0.3 is 5.97 Å². The lowest BCUT2D eigenvalue weighted by atomic mass is 10.1. The van der Waals surface area contributed by atoms with E-state index in [9.17, 15) is 14.4 Å². The van der Waals surface area contributed by atoms with Gasteiger partial charge in [0.05, 0.1) is 17.0 Å². The third kappa shape index (κ3) is 5.43. The Morgan fingerprint density at radius 3 is 2.36 bits per heavy atom. The summed E-state index contributed by atoms with van der Waals surface area (Å²) in [5, 5.41) is 6.27. The summed E-state index contributed by atoms with van der Waals surface area (Å²) in [6.45, 7) is 7.10. The number of thiophene rings is 1. The first-order chi connectivity index (χ1) is 13.2. The van der Waals surface area contributed by atoms with Crippen LogP contribution in [0.2, 0.25) is 5.02 Å². The molecule has 2 aromatic rings. The third-order valence-electron chi connectivity index (χ3n) is 3.59. The van der Waals surface area contributed by atoms with Crippen LogP contribution in [0.5, 0.6) is 0 Å². The Morgan fingerprint density at radius 1 is 1.14 bits per heavy atom. The van der Waals surface area contributed by atoms with Crippen molar-refractivity contribution in [2.75, 3.05) is 17.2 Å². The first-order valence-corrected chi connectivity index (χ1v) is 9.75. The number of benzene rings is 1. The molecule has 2 N–H and O–H groups in total. The lowest BCUT2D eigenvalue weighted by molar-refractivity contribution is -0.111. The Bertz CT molecular complexity index is 928. The van der Waals surface area contributed by atoms with Crippen molar-refractivity contribution in [3.63, 3.8) is 0 Å².